The molecule has 2 heteroatoms. The van der Waals surface area contributed by atoms with E-state index in [1.165, 1.54) is 6.26 Å². The van der Waals surface area contributed by atoms with E-state index < -0.39 is 0 Å². The van der Waals surface area contributed by atoms with Gasteiger partial charge in [0, 0.05) is 5.56 Å². The van der Waals surface area contributed by atoms with Gasteiger partial charge < -0.3 is 4.42 Å². The Morgan fingerprint density at radius 2 is 1.93 bits per heavy atom. The molecular formula is C12H9O2. The highest BCUT2D eigenvalue weighted by Crippen LogP contribution is 2.12. The SMILES string of the molecule is [CH2]c1coc(C(=O)c2ccccc2)c1. The molecular weight excluding hydrogens is 176 g/mol. The Hall–Kier alpha value is -1.83. The van der Waals surface area contributed by atoms with Gasteiger partial charge in [-0.25, -0.2) is 0 Å². The monoisotopic (exact) mass is 185 g/mol. The van der Waals surface area contributed by atoms with Crippen molar-refractivity contribution in [1.29, 1.82) is 0 Å². The first-order chi connectivity index (χ1) is 6.77. The van der Waals surface area contributed by atoms with Crippen molar-refractivity contribution < 1.29 is 9.21 Å². The number of hydrogen-bond donors (Lipinski definition) is 0. The number of benzene rings is 1. The number of ketones is 1. The molecule has 1 aromatic carbocycles. The van der Waals surface area contributed by atoms with E-state index in [2.05, 4.69) is 6.92 Å². The Morgan fingerprint density at radius 3 is 2.50 bits per heavy atom. The van der Waals surface area contributed by atoms with E-state index in [9.17, 15) is 4.79 Å². The first-order valence-corrected chi connectivity index (χ1v) is 4.27. The summed E-state index contributed by atoms with van der Waals surface area (Å²) in [4.78, 5) is 11.7. The third-order valence-electron chi connectivity index (χ3n) is 1.91. The topological polar surface area (TPSA) is 30.2 Å². The number of rotatable bonds is 2. The molecule has 2 nitrogen and oxygen atoms in total. The van der Waals surface area contributed by atoms with Crippen LogP contribution in [0.3, 0.4) is 0 Å². The maximum absolute atomic E-state index is 11.7. The zero-order chi connectivity index (χ0) is 9.97. The van der Waals surface area contributed by atoms with Crippen molar-refractivity contribution in [2.75, 3.05) is 0 Å². The van der Waals surface area contributed by atoms with Gasteiger partial charge >= 0.3 is 0 Å². The summed E-state index contributed by atoms with van der Waals surface area (Å²) in [6.07, 6.45) is 1.47. The largest absolute Gasteiger partial charge is 0.461 e. The van der Waals surface area contributed by atoms with Crippen LogP contribution in [0.1, 0.15) is 21.7 Å². The van der Waals surface area contributed by atoms with E-state index in [1.54, 1.807) is 18.2 Å². The molecule has 0 atom stereocenters. The van der Waals surface area contributed by atoms with Crippen molar-refractivity contribution >= 4 is 5.78 Å². The number of hydrogen-bond acceptors (Lipinski definition) is 2. The van der Waals surface area contributed by atoms with Crippen LogP contribution in [0, 0.1) is 6.92 Å². The molecule has 2 rings (SSSR count). The minimum absolute atomic E-state index is 0.111. The molecule has 0 saturated carbocycles. The van der Waals surface area contributed by atoms with Gasteiger partial charge in [-0.3, -0.25) is 4.79 Å². The summed E-state index contributed by atoms with van der Waals surface area (Å²) in [5.74, 6) is 0.224. The predicted octanol–water partition coefficient (Wildman–Crippen LogP) is 2.69. The predicted molar refractivity (Wildman–Crippen MR) is 53.0 cm³/mol. The molecule has 0 N–H and O–H groups in total. The molecule has 1 radical (unpaired) electrons. The molecule has 1 heterocycles. The first kappa shape index (κ1) is 8.75. The van der Waals surface area contributed by atoms with Crippen molar-refractivity contribution in [3.05, 3.63) is 66.5 Å². The Kier molecular flexibility index (Phi) is 2.19. The molecule has 0 amide bonds. The molecule has 1 aromatic heterocycles. The average Bonchev–Trinajstić information content (AvgIpc) is 2.65. The third-order valence-corrected chi connectivity index (χ3v) is 1.91. The Labute approximate surface area is 82.2 Å². The third kappa shape index (κ3) is 1.59. The second-order valence-electron chi connectivity index (χ2n) is 3.01. The lowest BCUT2D eigenvalue weighted by molar-refractivity contribution is 0.101. The normalized spacial score (nSPS) is 10.1. The van der Waals surface area contributed by atoms with Gasteiger partial charge in [0.05, 0.1) is 6.26 Å². The second kappa shape index (κ2) is 3.50. The van der Waals surface area contributed by atoms with Gasteiger partial charge in [0.2, 0.25) is 5.78 Å². The Balaban J connectivity index is 2.34. The van der Waals surface area contributed by atoms with Crippen LogP contribution < -0.4 is 0 Å². The van der Waals surface area contributed by atoms with Gasteiger partial charge in [0.15, 0.2) is 5.76 Å². The van der Waals surface area contributed by atoms with E-state index >= 15 is 0 Å². The number of carbonyl (C=O) groups is 1. The minimum Gasteiger partial charge on any atom is -0.461 e. The molecule has 0 spiro atoms. The van der Waals surface area contributed by atoms with Crippen LogP contribution >= 0.6 is 0 Å². The van der Waals surface area contributed by atoms with Crippen LogP contribution in [-0.2, 0) is 0 Å². The molecule has 2 aromatic rings. The highest BCUT2D eigenvalue weighted by Gasteiger charge is 2.11. The summed E-state index contributed by atoms with van der Waals surface area (Å²) < 4.78 is 5.07. The second-order valence-corrected chi connectivity index (χ2v) is 3.01. The summed E-state index contributed by atoms with van der Waals surface area (Å²) in [6.45, 7) is 3.67. The standard InChI is InChI=1S/C12H9O2/c1-9-7-11(14-8-9)12(13)10-5-3-2-4-6-10/h2-8H,1H2. The van der Waals surface area contributed by atoms with Gasteiger partial charge in [-0.15, -0.1) is 0 Å². The van der Waals surface area contributed by atoms with Crippen LogP contribution in [0.5, 0.6) is 0 Å². The van der Waals surface area contributed by atoms with Crippen molar-refractivity contribution in [3.63, 3.8) is 0 Å². The van der Waals surface area contributed by atoms with Crippen molar-refractivity contribution in [2.24, 2.45) is 0 Å². The maximum Gasteiger partial charge on any atom is 0.228 e. The smallest absolute Gasteiger partial charge is 0.228 e. The molecule has 0 aliphatic carbocycles. The molecule has 0 saturated heterocycles. The summed E-state index contributed by atoms with van der Waals surface area (Å²) in [7, 11) is 0. The van der Waals surface area contributed by atoms with Gasteiger partial charge in [-0.1, -0.05) is 30.3 Å². The first-order valence-electron chi connectivity index (χ1n) is 4.27. The lowest BCUT2D eigenvalue weighted by Crippen LogP contribution is -1.98. The zero-order valence-electron chi connectivity index (χ0n) is 7.57. The molecule has 0 unspecified atom stereocenters. The fraction of sp³-hybridized carbons (Fsp3) is 0. The van der Waals surface area contributed by atoms with Crippen LogP contribution in [0.25, 0.3) is 0 Å². The molecule has 0 aliphatic rings. The Bertz CT molecular complexity index is 440. The summed E-state index contributed by atoms with van der Waals surface area (Å²) in [6, 6.07) is 10.7. The zero-order valence-corrected chi connectivity index (χ0v) is 7.57. The van der Waals surface area contributed by atoms with Crippen molar-refractivity contribution in [2.45, 2.75) is 0 Å². The van der Waals surface area contributed by atoms with Crippen LogP contribution in [0.2, 0.25) is 0 Å². The molecule has 14 heavy (non-hydrogen) atoms. The molecule has 69 valence electrons. The van der Waals surface area contributed by atoms with Crippen LogP contribution in [0.15, 0.2) is 47.1 Å². The lowest BCUT2D eigenvalue weighted by Gasteiger charge is -1.95. The summed E-state index contributed by atoms with van der Waals surface area (Å²) in [5.41, 5.74) is 1.34. The van der Waals surface area contributed by atoms with Crippen molar-refractivity contribution in [1.82, 2.24) is 0 Å². The highest BCUT2D eigenvalue weighted by atomic mass is 16.3. The fourth-order valence-corrected chi connectivity index (χ4v) is 1.23. The number of furan rings is 1. The van der Waals surface area contributed by atoms with Gasteiger partial charge in [0.25, 0.3) is 0 Å². The quantitative estimate of drug-likeness (QED) is 0.673. The van der Waals surface area contributed by atoms with E-state index in [0.717, 1.165) is 0 Å². The fourth-order valence-electron chi connectivity index (χ4n) is 1.23. The molecule has 0 bridgehead atoms. The van der Waals surface area contributed by atoms with E-state index in [0.29, 0.717) is 16.9 Å². The molecule has 0 aliphatic heterocycles. The van der Waals surface area contributed by atoms with Gasteiger partial charge in [0.1, 0.15) is 0 Å². The van der Waals surface area contributed by atoms with Gasteiger partial charge in [-0.05, 0) is 18.6 Å². The maximum atomic E-state index is 11.7. The number of carbonyl (C=O) groups excluding carboxylic acids is 1. The minimum atomic E-state index is -0.111. The van der Waals surface area contributed by atoms with Crippen molar-refractivity contribution in [3.8, 4) is 0 Å². The van der Waals surface area contributed by atoms with Gasteiger partial charge in [-0.2, -0.15) is 0 Å². The van der Waals surface area contributed by atoms with Crippen LogP contribution in [0.4, 0.5) is 0 Å². The Morgan fingerprint density at radius 1 is 1.21 bits per heavy atom. The summed E-state index contributed by atoms with van der Waals surface area (Å²) >= 11 is 0. The highest BCUT2D eigenvalue weighted by molar-refractivity contribution is 6.07. The van der Waals surface area contributed by atoms with E-state index in [-0.39, 0.29) is 5.78 Å². The lowest BCUT2D eigenvalue weighted by atomic mass is 10.1. The van der Waals surface area contributed by atoms with Crippen LogP contribution in [-0.4, -0.2) is 5.78 Å². The van der Waals surface area contributed by atoms with E-state index in [4.69, 9.17) is 4.42 Å². The van der Waals surface area contributed by atoms with E-state index in [1.807, 2.05) is 18.2 Å². The summed E-state index contributed by atoms with van der Waals surface area (Å²) in [5, 5.41) is 0. The average molecular weight is 185 g/mol. The molecule has 0 fully saturated rings.